The van der Waals surface area contributed by atoms with Gasteiger partial charge >= 0.3 is 0 Å². The molecule has 0 radical (unpaired) electrons. The second kappa shape index (κ2) is 6.58. The van der Waals surface area contributed by atoms with E-state index in [1.54, 1.807) is 0 Å². The molecular formula is C15H26BrN3O. The van der Waals surface area contributed by atoms with Crippen LogP contribution in [0.4, 0.5) is 0 Å². The maximum absolute atomic E-state index is 6.17. The molecule has 0 saturated carbocycles. The summed E-state index contributed by atoms with van der Waals surface area (Å²) in [6, 6.07) is 0.497. The van der Waals surface area contributed by atoms with Gasteiger partial charge in [0, 0.05) is 12.6 Å². The van der Waals surface area contributed by atoms with Crippen molar-refractivity contribution in [3.63, 3.8) is 0 Å². The van der Waals surface area contributed by atoms with Crippen LogP contribution in [0.1, 0.15) is 64.7 Å². The third-order valence-electron chi connectivity index (χ3n) is 4.07. The monoisotopic (exact) mass is 343 g/mol. The van der Waals surface area contributed by atoms with Crippen LogP contribution < -0.4 is 5.32 Å². The van der Waals surface area contributed by atoms with Gasteiger partial charge in [0.1, 0.15) is 0 Å². The zero-order valence-electron chi connectivity index (χ0n) is 12.9. The van der Waals surface area contributed by atoms with Crippen molar-refractivity contribution in [1.29, 1.82) is 0 Å². The summed E-state index contributed by atoms with van der Waals surface area (Å²) in [7, 11) is 0. The Labute approximate surface area is 130 Å². The van der Waals surface area contributed by atoms with Crippen LogP contribution in [-0.2, 0) is 4.74 Å². The summed E-state index contributed by atoms with van der Waals surface area (Å²) in [6.45, 7) is 10.5. The van der Waals surface area contributed by atoms with Crippen LogP contribution in [-0.4, -0.2) is 28.5 Å². The standard InChI is InChI=1S/C15H26BrN3O/c1-5-17-14(15(4)8-6-7-9-20-15)13-12(16)10-18-19(13)11(2)3/h10-11,14,17H,5-9H2,1-4H3. The summed E-state index contributed by atoms with van der Waals surface area (Å²) < 4.78 is 9.33. The van der Waals surface area contributed by atoms with Gasteiger partial charge in [-0.25, -0.2) is 0 Å². The van der Waals surface area contributed by atoms with Crippen LogP contribution in [0.15, 0.2) is 10.7 Å². The third kappa shape index (κ3) is 3.10. The highest BCUT2D eigenvalue weighted by Gasteiger charge is 2.40. The first-order valence-electron chi connectivity index (χ1n) is 7.60. The third-order valence-corrected chi connectivity index (χ3v) is 4.68. The van der Waals surface area contributed by atoms with E-state index in [1.165, 1.54) is 18.5 Å². The van der Waals surface area contributed by atoms with E-state index in [1.807, 2.05) is 6.20 Å². The van der Waals surface area contributed by atoms with Gasteiger partial charge < -0.3 is 10.1 Å². The van der Waals surface area contributed by atoms with Crippen molar-refractivity contribution < 1.29 is 4.74 Å². The maximum atomic E-state index is 6.17. The van der Waals surface area contributed by atoms with E-state index in [4.69, 9.17) is 4.74 Å². The Morgan fingerprint density at radius 2 is 2.25 bits per heavy atom. The SMILES string of the molecule is CCNC(c1c(Br)cnn1C(C)C)C1(C)CCCCO1. The molecule has 2 unspecified atom stereocenters. The van der Waals surface area contributed by atoms with Gasteiger partial charge in [0.15, 0.2) is 0 Å². The van der Waals surface area contributed by atoms with Gasteiger partial charge in [-0.1, -0.05) is 6.92 Å². The summed E-state index contributed by atoms with van der Waals surface area (Å²) >= 11 is 3.67. The molecule has 20 heavy (non-hydrogen) atoms. The smallest absolute Gasteiger partial charge is 0.0864 e. The van der Waals surface area contributed by atoms with Crippen molar-refractivity contribution >= 4 is 15.9 Å². The molecule has 1 fully saturated rings. The Morgan fingerprint density at radius 3 is 2.80 bits per heavy atom. The van der Waals surface area contributed by atoms with Gasteiger partial charge in [0.25, 0.3) is 0 Å². The van der Waals surface area contributed by atoms with Crippen LogP contribution in [0.2, 0.25) is 0 Å². The summed E-state index contributed by atoms with van der Waals surface area (Å²) in [5.74, 6) is 0. The van der Waals surface area contributed by atoms with Crippen molar-refractivity contribution in [3.8, 4) is 0 Å². The number of aromatic nitrogens is 2. The minimum atomic E-state index is -0.163. The topological polar surface area (TPSA) is 39.1 Å². The lowest BCUT2D eigenvalue weighted by Crippen LogP contribution is -2.47. The van der Waals surface area contributed by atoms with E-state index in [0.717, 1.165) is 24.0 Å². The molecule has 0 bridgehead atoms. The first-order valence-corrected chi connectivity index (χ1v) is 8.39. The minimum Gasteiger partial charge on any atom is -0.373 e. The van der Waals surface area contributed by atoms with Crippen molar-refractivity contribution in [1.82, 2.24) is 15.1 Å². The summed E-state index contributed by atoms with van der Waals surface area (Å²) in [5.41, 5.74) is 1.04. The minimum absolute atomic E-state index is 0.159. The van der Waals surface area contributed by atoms with E-state index in [9.17, 15) is 0 Å². The highest BCUT2D eigenvalue weighted by Crippen LogP contribution is 2.39. The van der Waals surface area contributed by atoms with E-state index in [-0.39, 0.29) is 11.6 Å². The number of likely N-dealkylation sites (N-methyl/N-ethyl adjacent to an activating group) is 1. The van der Waals surface area contributed by atoms with E-state index in [0.29, 0.717) is 6.04 Å². The molecule has 1 saturated heterocycles. The molecule has 2 atom stereocenters. The molecule has 1 aliphatic heterocycles. The molecule has 0 aliphatic carbocycles. The van der Waals surface area contributed by atoms with E-state index < -0.39 is 0 Å². The summed E-state index contributed by atoms with van der Waals surface area (Å²) in [4.78, 5) is 0. The molecule has 1 aromatic rings. The highest BCUT2D eigenvalue weighted by atomic mass is 79.9. The second-order valence-electron chi connectivity index (χ2n) is 6.02. The molecule has 1 aliphatic rings. The average molecular weight is 344 g/mol. The molecular weight excluding hydrogens is 318 g/mol. The van der Waals surface area contributed by atoms with Gasteiger partial charge in [-0.15, -0.1) is 0 Å². The zero-order valence-corrected chi connectivity index (χ0v) is 14.5. The first kappa shape index (κ1) is 16.0. The van der Waals surface area contributed by atoms with E-state index in [2.05, 4.69) is 58.7 Å². The number of rotatable bonds is 5. The number of hydrogen-bond acceptors (Lipinski definition) is 3. The quantitative estimate of drug-likeness (QED) is 0.882. The first-order chi connectivity index (χ1) is 9.49. The molecule has 1 aromatic heterocycles. The van der Waals surface area contributed by atoms with Crippen molar-refractivity contribution in [2.75, 3.05) is 13.2 Å². The van der Waals surface area contributed by atoms with Crippen LogP contribution in [0.3, 0.4) is 0 Å². The Morgan fingerprint density at radius 1 is 1.50 bits per heavy atom. The number of ether oxygens (including phenoxy) is 1. The molecule has 1 N–H and O–H groups in total. The Kier molecular flexibility index (Phi) is 5.26. The maximum Gasteiger partial charge on any atom is 0.0864 e. The molecule has 2 heterocycles. The van der Waals surface area contributed by atoms with Gasteiger partial charge in [-0.2, -0.15) is 5.10 Å². The van der Waals surface area contributed by atoms with Gasteiger partial charge in [-0.05, 0) is 62.5 Å². The number of halogens is 1. The van der Waals surface area contributed by atoms with Crippen molar-refractivity contribution in [3.05, 3.63) is 16.4 Å². The fourth-order valence-corrected chi connectivity index (χ4v) is 3.52. The Bertz CT molecular complexity index is 438. The predicted octanol–water partition coefficient (Wildman–Crippen LogP) is 3.84. The average Bonchev–Trinajstić information content (AvgIpc) is 2.78. The largest absolute Gasteiger partial charge is 0.373 e. The number of nitrogens with zero attached hydrogens (tertiary/aromatic N) is 2. The van der Waals surface area contributed by atoms with Crippen molar-refractivity contribution in [2.24, 2.45) is 0 Å². The molecule has 114 valence electrons. The zero-order chi connectivity index (χ0) is 14.8. The fourth-order valence-electron chi connectivity index (χ4n) is 3.02. The van der Waals surface area contributed by atoms with Crippen LogP contribution in [0, 0.1) is 0 Å². The molecule has 0 amide bonds. The number of nitrogens with one attached hydrogen (secondary N) is 1. The predicted molar refractivity (Wildman–Crippen MR) is 84.9 cm³/mol. The van der Waals surface area contributed by atoms with Gasteiger partial charge in [0.2, 0.25) is 0 Å². The Balaban J connectivity index is 2.40. The molecule has 2 rings (SSSR count). The lowest BCUT2D eigenvalue weighted by molar-refractivity contribution is -0.0914. The number of hydrogen-bond donors (Lipinski definition) is 1. The molecule has 4 nitrogen and oxygen atoms in total. The normalized spacial score (nSPS) is 25.1. The van der Waals surface area contributed by atoms with Gasteiger partial charge in [-0.3, -0.25) is 4.68 Å². The fraction of sp³-hybridized carbons (Fsp3) is 0.800. The van der Waals surface area contributed by atoms with E-state index >= 15 is 0 Å². The Hall–Kier alpha value is -0.390. The summed E-state index contributed by atoms with van der Waals surface area (Å²) in [6.07, 6.45) is 5.37. The molecule has 5 heteroatoms. The van der Waals surface area contributed by atoms with Crippen LogP contribution in [0.25, 0.3) is 0 Å². The summed E-state index contributed by atoms with van der Waals surface area (Å²) in [5, 5.41) is 8.13. The van der Waals surface area contributed by atoms with Gasteiger partial charge in [0.05, 0.1) is 28.0 Å². The highest BCUT2D eigenvalue weighted by molar-refractivity contribution is 9.10. The molecule has 0 aromatic carbocycles. The lowest BCUT2D eigenvalue weighted by Gasteiger charge is -2.41. The van der Waals surface area contributed by atoms with Crippen LogP contribution >= 0.6 is 15.9 Å². The second-order valence-corrected chi connectivity index (χ2v) is 6.88. The van der Waals surface area contributed by atoms with Crippen LogP contribution in [0.5, 0.6) is 0 Å². The molecule has 0 spiro atoms. The van der Waals surface area contributed by atoms with Crippen molar-refractivity contribution in [2.45, 2.75) is 64.6 Å². The lowest BCUT2D eigenvalue weighted by atomic mass is 9.86.